The Balaban J connectivity index is 1.67. The maximum Gasteiger partial charge on any atom is 0.694 e. The summed E-state index contributed by atoms with van der Waals surface area (Å²) in [5, 5.41) is 7.45. The van der Waals surface area contributed by atoms with Crippen molar-refractivity contribution in [3.8, 4) is 11.4 Å². The first-order chi connectivity index (χ1) is 13.7. The maximum absolute atomic E-state index is 10.4. The zero-order valence-electron chi connectivity index (χ0n) is 16.6. The normalized spacial score (nSPS) is 11.7. The molecule has 0 aliphatic rings. The molecule has 0 saturated heterocycles. The minimum atomic E-state index is -2.48. The summed E-state index contributed by atoms with van der Waals surface area (Å²) in [6.45, 7) is 4.13. The molecule has 1 aromatic carbocycles. The molecule has 0 bridgehead atoms. The third kappa shape index (κ3) is 9.02. The van der Waals surface area contributed by atoms with E-state index in [-0.39, 0.29) is 0 Å². The summed E-state index contributed by atoms with van der Waals surface area (Å²) in [6, 6.07) is 8.14. The average molecular weight is 408 g/mol. The van der Waals surface area contributed by atoms with E-state index in [0.717, 1.165) is 44.3 Å². The molecule has 1 aromatic heterocycles. The quantitative estimate of drug-likeness (QED) is 0.323. The Kier molecular flexibility index (Phi) is 10.9. The van der Waals surface area contributed by atoms with Crippen LogP contribution in [0.3, 0.4) is 0 Å². The maximum atomic E-state index is 10.4. The number of aromatic nitrogens is 2. The van der Waals surface area contributed by atoms with Crippen LogP contribution in [0.1, 0.15) is 63.3 Å². The first-order valence-electron chi connectivity index (χ1n) is 10.1. The second-order valence-electron chi connectivity index (χ2n) is 6.83. The first kappa shape index (κ1) is 22.6. The number of rotatable bonds is 15. The fourth-order valence-corrected chi connectivity index (χ4v) is 3.14. The Hall–Kier alpha value is -1.66. The second-order valence-corrected chi connectivity index (χ2v) is 7.56. The molecule has 154 valence electrons. The summed E-state index contributed by atoms with van der Waals surface area (Å²) in [4.78, 5) is 13.0. The van der Waals surface area contributed by atoms with E-state index in [0.29, 0.717) is 18.3 Å². The molecule has 0 radical (unpaired) electrons. The van der Waals surface area contributed by atoms with Crippen molar-refractivity contribution in [2.75, 3.05) is 13.2 Å². The Labute approximate surface area is 167 Å². The van der Waals surface area contributed by atoms with E-state index in [4.69, 9.17) is 9.42 Å². The zero-order chi connectivity index (χ0) is 20.0. The standard InChI is InChI=1S/C20H30N3O4P/c1-2-3-4-5-6-9-19-22-20(23-27-19)18-12-10-17(11-13-18)16-21-14-7-8-15-26-28(24)25/h10-13,21H,2-9,14-16H2,1H3/p+1. The van der Waals surface area contributed by atoms with Crippen molar-refractivity contribution in [3.05, 3.63) is 35.7 Å². The van der Waals surface area contributed by atoms with Crippen molar-refractivity contribution >= 4 is 8.25 Å². The van der Waals surface area contributed by atoms with Gasteiger partial charge in [0.15, 0.2) is 0 Å². The minimum Gasteiger partial charge on any atom is -0.339 e. The van der Waals surface area contributed by atoms with E-state index in [2.05, 4.69) is 39.0 Å². The lowest BCUT2D eigenvalue weighted by molar-refractivity contribution is 0.274. The van der Waals surface area contributed by atoms with Crippen LogP contribution in [0.15, 0.2) is 28.8 Å². The van der Waals surface area contributed by atoms with E-state index < -0.39 is 8.25 Å². The van der Waals surface area contributed by atoms with Gasteiger partial charge in [-0.25, -0.2) is 0 Å². The Morgan fingerprint density at radius 1 is 1.11 bits per heavy atom. The summed E-state index contributed by atoms with van der Waals surface area (Å²) in [7, 11) is -2.48. The summed E-state index contributed by atoms with van der Waals surface area (Å²) in [5.74, 6) is 1.36. The lowest BCUT2D eigenvalue weighted by Gasteiger charge is -2.04. The molecule has 0 spiro atoms. The van der Waals surface area contributed by atoms with Gasteiger partial charge in [-0.2, -0.15) is 4.98 Å². The van der Waals surface area contributed by atoms with Crippen LogP contribution in [0.2, 0.25) is 0 Å². The summed E-state index contributed by atoms with van der Waals surface area (Å²) < 4.78 is 20.4. The predicted octanol–water partition coefficient (Wildman–Crippen LogP) is 4.79. The fraction of sp³-hybridized carbons (Fsp3) is 0.600. The number of aryl methyl sites for hydroxylation is 1. The Morgan fingerprint density at radius 3 is 2.64 bits per heavy atom. The molecule has 2 aromatic rings. The van der Waals surface area contributed by atoms with Crippen molar-refractivity contribution in [2.45, 2.75) is 64.8 Å². The number of nitrogens with zero attached hydrogens (tertiary/aromatic N) is 2. The van der Waals surface area contributed by atoms with Gasteiger partial charge in [0.1, 0.15) is 6.61 Å². The van der Waals surface area contributed by atoms with Gasteiger partial charge in [0.25, 0.3) is 0 Å². The number of unbranched alkanes of at least 4 members (excludes halogenated alkanes) is 5. The van der Waals surface area contributed by atoms with E-state index in [1.807, 2.05) is 12.1 Å². The molecule has 0 amide bonds. The van der Waals surface area contributed by atoms with Crippen LogP contribution < -0.4 is 5.32 Å². The van der Waals surface area contributed by atoms with Gasteiger partial charge in [-0.15, -0.1) is 9.42 Å². The van der Waals surface area contributed by atoms with Crippen molar-refractivity contribution in [3.63, 3.8) is 0 Å². The molecule has 1 heterocycles. The van der Waals surface area contributed by atoms with E-state index in [1.165, 1.54) is 31.2 Å². The molecule has 8 heteroatoms. The van der Waals surface area contributed by atoms with Crippen LogP contribution in [0.25, 0.3) is 11.4 Å². The molecule has 0 aliphatic carbocycles. The molecule has 0 aliphatic heterocycles. The number of hydrogen-bond donors (Lipinski definition) is 2. The van der Waals surface area contributed by atoms with Gasteiger partial charge in [0.2, 0.25) is 11.7 Å². The average Bonchev–Trinajstić information content (AvgIpc) is 3.16. The van der Waals surface area contributed by atoms with Crippen molar-refractivity contribution in [1.29, 1.82) is 0 Å². The Bertz CT molecular complexity index is 691. The number of nitrogens with one attached hydrogen (secondary N) is 1. The minimum absolute atomic E-state index is 0.313. The molecular weight excluding hydrogens is 377 g/mol. The van der Waals surface area contributed by atoms with Gasteiger partial charge < -0.3 is 9.84 Å². The fourth-order valence-electron chi connectivity index (χ4n) is 2.85. The van der Waals surface area contributed by atoms with Gasteiger partial charge in [-0.1, -0.05) is 62.0 Å². The lowest BCUT2D eigenvalue weighted by atomic mass is 10.1. The van der Waals surface area contributed by atoms with Crippen LogP contribution in [-0.2, 0) is 22.1 Å². The molecule has 1 unspecified atom stereocenters. The van der Waals surface area contributed by atoms with Crippen molar-refractivity contribution in [1.82, 2.24) is 15.5 Å². The molecule has 0 fully saturated rings. The van der Waals surface area contributed by atoms with Crippen molar-refractivity contribution in [2.24, 2.45) is 0 Å². The zero-order valence-corrected chi connectivity index (χ0v) is 17.5. The SMILES string of the molecule is CCCCCCCc1nc(-c2ccc(CNCCCCO[P+](=O)O)cc2)no1. The molecule has 0 saturated carbocycles. The molecule has 2 rings (SSSR count). The highest BCUT2D eigenvalue weighted by atomic mass is 31.1. The van der Waals surface area contributed by atoms with Gasteiger partial charge in [-0.3, -0.25) is 0 Å². The summed E-state index contributed by atoms with van der Waals surface area (Å²) in [6.07, 6.45) is 8.61. The highest BCUT2D eigenvalue weighted by molar-refractivity contribution is 7.32. The lowest BCUT2D eigenvalue weighted by Crippen LogP contribution is -2.15. The van der Waals surface area contributed by atoms with Gasteiger partial charge >= 0.3 is 8.25 Å². The van der Waals surface area contributed by atoms with Crippen LogP contribution in [-0.4, -0.2) is 28.2 Å². The number of benzene rings is 1. The first-order valence-corrected chi connectivity index (χ1v) is 11.2. The highest BCUT2D eigenvalue weighted by Crippen LogP contribution is 2.18. The molecule has 7 nitrogen and oxygen atoms in total. The smallest absolute Gasteiger partial charge is 0.339 e. The topological polar surface area (TPSA) is 97.5 Å². The summed E-state index contributed by atoms with van der Waals surface area (Å²) in [5.41, 5.74) is 2.14. The predicted molar refractivity (Wildman–Crippen MR) is 109 cm³/mol. The molecule has 28 heavy (non-hydrogen) atoms. The third-order valence-corrected chi connectivity index (χ3v) is 4.86. The van der Waals surface area contributed by atoms with Crippen LogP contribution in [0, 0.1) is 0 Å². The van der Waals surface area contributed by atoms with E-state index in [1.54, 1.807) is 0 Å². The van der Waals surface area contributed by atoms with E-state index in [9.17, 15) is 4.57 Å². The molecule has 1 atom stereocenters. The second kappa shape index (κ2) is 13.5. The van der Waals surface area contributed by atoms with Gasteiger partial charge in [-0.05, 0) is 31.4 Å². The van der Waals surface area contributed by atoms with E-state index >= 15 is 0 Å². The highest BCUT2D eigenvalue weighted by Gasteiger charge is 2.10. The van der Waals surface area contributed by atoms with Crippen molar-refractivity contribution < 1.29 is 18.5 Å². The number of hydrogen-bond acceptors (Lipinski definition) is 6. The molecular formula is C20H31N3O4P+. The third-order valence-electron chi connectivity index (χ3n) is 4.45. The van der Waals surface area contributed by atoms with Gasteiger partial charge in [0, 0.05) is 23.1 Å². The van der Waals surface area contributed by atoms with Crippen LogP contribution >= 0.6 is 8.25 Å². The Morgan fingerprint density at radius 2 is 1.89 bits per heavy atom. The van der Waals surface area contributed by atoms with Crippen LogP contribution in [0.4, 0.5) is 0 Å². The summed E-state index contributed by atoms with van der Waals surface area (Å²) >= 11 is 0. The van der Waals surface area contributed by atoms with Gasteiger partial charge in [0.05, 0.1) is 0 Å². The monoisotopic (exact) mass is 408 g/mol. The molecule has 2 N–H and O–H groups in total. The van der Waals surface area contributed by atoms with Crippen LogP contribution in [0.5, 0.6) is 0 Å². The largest absolute Gasteiger partial charge is 0.694 e.